The number of halogens is 1. The first-order valence-corrected chi connectivity index (χ1v) is 7.73. The average molecular weight is 306 g/mol. The third-order valence-electron chi connectivity index (χ3n) is 3.53. The Morgan fingerprint density at radius 2 is 1.74 bits per heavy atom. The van der Waals surface area contributed by atoms with Crippen LogP contribution in [-0.4, -0.2) is 26.8 Å². The van der Waals surface area contributed by atoms with Crippen LogP contribution in [0.5, 0.6) is 5.75 Å². The lowest BCUT2D eigenvalue weighted by molar-refractivity contribution is 0.399. The van der Waals surface area contributed by atoms with E-state index in [4.69, 9.17) is 10.5 Å². The zero-order valence-corrected chi connectivity index (χ0v) is 12.5. The fourth-order valence-electron chi connectivity index (χ4n) is 2.43. The van der Waals surface area contributed by atoms with E-state index in [1.807, 2.05) is 0 Å². The second kappa shape index (κ2) is 6.59. The molecular weight excluding hydrogens is 286 g/mol. The molecule has 6 heteroatoms. The van der Waals surface area contributed by atoms with Gasteiger partial charge < -0.3 is 10.5 Å². The molecule has 0 unspecified atom stereocenters. The number of para-hydroxylation sites is 1. The Morgan fingerprint density at radius 3 is 2.32 bits per heavy atom. The summed E-state index contributed by atoms with van der Waals surface area (Å²) >= 11 is 0. The van der Waals surface area contributed by atoms with Gasteiger partial charge >= 0.3 is 0 Å². The number of hydrogen-bond acceptors (Lipinski definition) is 4. The van der Waals surface area contributed by atoms with Crippen LogP contribution in [0.15, 0.2) is 29.2 Å². The Morgan fingerprint density at radius 1 is 1.16 bits per heavy atom. The number of hydrogen-bond donors (Lipinski definition) is 1. The minimum Gasteiger partial charge on any atom is -0.495 e. The monoisotopic (exact) mass is 305 g/mol. The van der Waals surface area contributed by atoms with Gasteiger partial charge in [-0.05, 0) is 37.8 Å². The molecule has 0 atom stereocenters. The minimum atomic E-state index is -3.31. The fourth-order valence-corrected chi connectivity index (χ4v) is 4.38. The summed E-state index contributed by atoms with van der Waals surface area (Å²) in [5, 5.41) is -0.325. The van der Waals surface area contributed by atoms with Crippen LogP contribution in [0.1, 0.15) is 25.7 Å². The van der Waals surface area contributed by atoms with Gasteiger partial charge in [0.15, 0.2) is 9.84 Å². The molecule has 1 aromatic carbocycles. The predicted octanol–water partition coefficient (Wildman–Crippen LogP) is 2.16. The molecule has 1 aliphatic rings. The van der Waals surface area contributed by atoms with Gasteiger partial charge in [0.1, 0.15) is 10.6 Å². The third-order valence-corrected chi connectivity index (χ3v) is 5.83. The van der Waals surface area contributed by atoms with Crippen molar-refractivity contribution in [2.75, 3.05) is 7.11 Å². The Balaban J connectivity index is 0.00000180. The number of nitrogens with two attached hydrogens (primary N) is 1. The normalized spacial score (nSPS) is 23.5. The van der Waals surface area contributed by atoms with Crippen LogP contribution in [0.4, 0.5) is 0 Å². The molecule has 4 nitrogen and oxygen atoms in total. The molecular formula is C13H20ClNO3S. The van der Waals surface area contributed by atoms with Gasteiger partial charge in [0.25, 0.3) is 0 Å². The third kappa shape index (κ3) is 3.41. The molecule has 1 fully saturated rings. The van der Waals surface area contributed by atoms with Crippen molar-refractivity contribution in [2.45, 2.75) is 41.9 Å². The maximum atomic E-state index is 12.6. The van der Waals surface area contributed by atoms with Gasteiger partial charge in [0.2, 0.25) is 0 Å². The molecule has 0 heterocycles. The first-order chi connectivity index (χ1) is 8.55. The van der Waals surface area contributed by atoms with Gasteiger partial charge in [-0.15, -0.1) is 12.4 Å². The van der Waals surface area contributed by atoms with Crippen molar-refractivity contribution in [1.29, 1.82) is 0 Å². The van der Waals surface area contributed by atoms with Gasteiger partial charge in [0.05, 0.1) is 12.4 Å². The molecule has 0 radical (unpaired) electrons. The van der Waals surface area contributed by atoms with E-state index in [1.165, 1.54) is 7.11 Å². The van der Waals surface area contributed by atoms with Crippen molar-refractivity contribution < 1.29 is 13.2 Å². The number of benzene rings is 1. The van der Waals surface area contributed by atoms with E-state index in [0.29, 0.717) is 23.5 Å². The van der Waals surface area contributed by atoms with E-state index in [1.54, 1.807) is 24.3 Å². The molecule has 1 aromatic rings. The van der Waals surface area contributed by atoms with Crippen molar-refractivity contribution in [3.8, 4) is 5.75 Å². The molecule has 2 N–H and O–H groups in total. The van der Waals surface area contributed by atoms with Crippen LogP contribution >= 0.6 is 12.4 Å². The molecule has 0 saturated heterocycles. The Kier molecular flexibility index (Phi) is 5.64. The topological polar surface area (TPSA) is 69.4 Å². The molecule has 1 aliphatic carbocycles. The predicted molar refractivity (Wildman–Crippen MR) is 77.7 cm³/mol. The van der Waals surface area contributed by atoms with Gasteiger partial charge in [-0.2, -0.15) is 0 Å². The van der Waals surface area contributed by atoms with Crippen LogP contribution < -0.4 is 10.5 Å². The number of rotatable bonds is 3. The summed E-state index contributed by atoms with van der Waals surface area (Å²) in [4.78, 5) is 0.299. The van der Waals surface area contributed by atoms with Crippen LogP contribution in [0.2, 0.25) is 0 Å². The summed E-state index contributed by atoms with van der Waals surface area (Å²) in [5.41, 5.74) is 5.82. The van der Waals surface area contributed by atoms with E-state index in [0.717, 1.165) is 12.8 Å². The highest BCUT2D eigenvalue weighted by molar-refractivity contribution is 7.92. The number of methoxy groups -OCH3 is 1. The van der Waals surface area contributed by atoms with Crippen LogP contribution in [0.25, 0.3) is 0 Å². The maximum absolute atomic E-state index is 12.6. The fraction of sp³-hybridized carbons (Fsp3) is 0.538. The second-order valence-electron chi connectivity index (χ2n) is 4.73. The molecule has 2 rings (SSSR count). The molecule has 0 amide bonds. The van der Waals surface area contributed by atoms with Gasteiger partial charge in [-0.1, -0.05) is 12.1 Å². The summed E-state index contributed by atoms with van der Waals surface area (Å²) in [6.07, 6.45) is 2.83. The van der Waals surface area contributed by atoms with Crippen molar-refractivity contribution >= 4 is 22.2 Å². The van der Waals surface area contributed by atoms with Gasteiger partial charge in [0, 0.05) is 6.04 Å². The lowest BCUT2D eigenvalue weighted by Gasteiger charge is -2.26. The van der Waals surface area contributed by atoms with Crippen molar-refractivity contribution in [3.63, 3.8) is 0 Å². The Hall–Kier alpha value is -0.780. The van der Waals surface area contributed by atoms with Crippen LogP contribution in [0.3, 0.4) is 0 Å². The highest BCUT2D eigenvalue weighted by Crippen LogP contribution is 2.32. The molecule has 1 saturated carbocycles. The Labute approximate surface area is 120 Å². The zero-order valence-electron chi connectivity index (χ0n) is 10.9. The summed E-state index contributed by atoms with van der Waals surface area (Å²) in [5.74, 6) is 0.423. The SMILES string of the molecule is COc1ccccc1S(=O)(=O)C1CCC(N)CC1.Cl. The average Bonchev–Trinajstić information content (AvgIpc) is 2.39. The van der Waals surface area contributed by atoms with E-state index in [9.17, 15) is 8.42 Å². The molecule has 0 bridgehead atoms. The lowest BCUT2D eigenvalue weighted by atomic mass is 9.96. The van der Waals surface area contributed by atoms with Crippen molar-refractivity contribution in [2.24, 2.45) is 5.73 Å². The molecule has 0 aromatic heterocycles. The summed E-state index contributed by atoms with van der Waals surface area (Å²) < 4.78 is 30.2. The highest BCUT2D eigenvalue weighted by atomic mass is 35.5. The molecule has 0 aliphatic heterocycles. The summed E-state index contributed by atoms with van der Waals surface area (Å²) in [7, 11) is -1.82. The smallest absolute Gasteiger partial charge is 0.184 e. The van der Waals surface area contributed by atoms with Gasteiger partial charge in [-0.25, -0.2) is 8.42 Å². The lowest BCUT2D eigenvalue weighted by Crippen LogP contribution is -2.33. The number of ether oxygens (including phenoxy) is 1. The van der Waals surface area contributed by atoms with Crippen molar-refractivity contribution in [3.05, 3.63) is 24.3 Å². The molecule has 19 heavy (non-hydrogen) atoms. The minimum absolute atomic E-state index is 0. The van der Waals surface area contributed by atoms with Crippen molar-refractivity contribution in [1.82, 2.24) is 0 Å². The highest BCUT2D eigenvalue weighted by Gasteiger charge is 2.32. The largest absolute Gasteiger partial charge is 0.495 e. The number of sulfone groups is 1. The first-order valence-electron chi connectivity index (χ1n) is 6.18. The zero-order chi connectivity index (χ0) is 13.2. The van der Waals surface area contributed by atoms with E-state index >= 15 is 0 Å². The Bertz CT molecular complexity index is 510. The van der Waals surface area contributed by atoms with Crippen LogP contribution in [0, 0.1) is 0 Å². The summed E-state index contributed by atoms with van der Waals surface area (Å²) in [6, 6.07) is 6.94. The maximum Gasteiger partial charge on any atom is 0.184 e. The van der Waals surface area contributed by atoms with E-state index in [2.05, 4.69) is 0 Å². The standard InChI is InChI=1S/C13H19NO3S.ClH/c1-17-12-4-2-3-5-13(12)18(15,16)11-8-6-10(14)7-9-11;/h2-5,10-11H,6-9,14H2,1H3;1H. The summed E-state index contributed by atoms with van der Waals surface area (Å²) in [6.45, 7) is 0. The quantitative estimate of drug-likeness (QED) is 0.929. The molecule has 108 valence electrons. The second-order valence-corrected chi connectivity index (χ2v) is 6.93. The van der Waals surface area contributed by atoms with Crippen LogP contribution in [-0.2, 0) is 9.84 Å². The van der Waals surface area contributed by atoms with Gasteiger partial charge in [-0.3, -0.25) is 0 Å². The molecule has 0 spiro atoms. The van der Waals surface area contributed by atoms with E-state index < -0.39 is 9.84 Å². The first kappa shape index (κ1) is 16.3. The van der Waals surface area contributed by atoms with E-state index in [-0.39, 0.29) is 23.7 Å².